The zero-order valence-electron chi connectivity index (χ0n) is 10.4. The van der Waals surface area contributed by atoms with Crippen LogP contribution in [-0.2, 0) is 10.0 Å². The Morgan fingerprint density at radius 1 is 1.16 bits per heavy atom. The minimum Gasteiger partial charge on any atom is -0.304 e. The van der Waals surface area contributed by atoms with Gasteiger partial charge in [-0.25, -0.2) is 13.4 Å². The number of benzene rings is 1. The lowest BCUT2D eigenvalue weighted by molar-refractivity contribution is 0.135. The monoisotopic (exact) mass is 411 g/mol. The Kier molecular flexibility index (Phi) is 5.02. The zero-order chi connectivity index (χ0) is 14.0. The summed E-state index contributed by atoms with van der Waals surface area (Å²) < 4.78 is 26.0. The van der Waals surface area contributed by atoms with E-state index < -0.39 is 10.0 Å². The van der Waals surface area contributed by atoms with E-state index >= 15 is 0 Å². The van der Waals surface area contributed by atoms with Crippen molar-refractivity contribution in [3.05, 3.63) is 27.1 Å². The highest BCUT2D eigenvalue weighted by atomic mass is 79.9. The van der Waals surface area contributed by atoms with Crippen molar-refractivity contribution in [3.63, 3.8) is 0 Å². The summed E-state index contributed by atoms with van der Waals surface area (Å²) in [5.41, 5.74) is 0. The van der Waals surface area contributed by atoms with Crippen molar-refractivity contribution in [1.29, 1.82) is 0 Å². The number of halogens is 2. The van der Waals surface area contributed by atoms with Crippen LogP contribution in [0, 0.1) is 0 Å². The minimum absolute atomic E-state index is 0.245. The van der Waals surface area contributed by atoms with Crippen LogP contribution in [0.15, 0.2) is 32.0 Å². The van der Waals surface area contributed by atoms with E-state index in [1.807, 2.05) is 7.05 Å². The third-order valence-corrected chi connectivity index (χ3v) is 5.78. The fraction of sp³-hybridized carbons (Fsp3) is 0.455. The number of likely N-dealkylation sites (N-methyl/N-ethyl adjacent to an activating group) is 1. The van der Waals surface area contributed by atoms with Crippen LogP contribution in [0.1, 0.15) is 0 Å². The van der Waals surface area contributed by atoms with Gasteiger partial charge in [-0.2, -0.15) is 0 Å². The van der Waals surface area contributed by atoms with Gasteiger partial charge in [0.05, 0.1) is 4.90 Å². The van der Waals surface area contributed by atoms with Gasteiger partial charge in [-0.3, -0.25) is 0 Å². The molecule has 1 saturated heterocycles. The molecule has 1 N–H and O–H groups in total. The summed E-state index contributed by atoms with van der Waals surface area (Å²) in [6.45, 7) is 3.07. The number of hydrazine groups is 1. The quantitative estimate of drug-likeness (QED) is 0.820. The van der Waals surface area contributed by atoms with Crippen LogP contribution in [0.4, 0.5) is 0 Å². The molecule has 0 radical (unpaired) electrons. The Bertz CT molecular complexity index is 557. The molecule has 0 amide bonds. The normalized spacial score (nSPS) is 18.7. The number of nitrogens with zero attached hydrogens (tertiary/aromatic N) is 2. The maximum absolute atomic E-state index is 12.3. The Labute approximate surface area is 130 Å². The highest BCUT2D eigenvalue weighted by Gasteiger charge is 2.23. The first-order valence-electron chi connectivity index (χ1n) is 5.79. The molecule has 106 valence electrons. The van der Waals surface area contributed by atoms with Crippen molar-refractivity contribution in [2.45, 2.75) is 4.90 Å². The molecule has 0 aromatic heterocycles. The molecule has 19 heavy (non-hydrogen) atoms. The van der Waals surface area contributed by atoms with Gasteiger partial charge >= 0.3 is 0 Å². The summed E-state index contributed by atoms with van der Waals surface area (Å²) in [6, 6.07) is 5.01. The molecular weight excluding hydrogens is 398 g/mol. The van der Waals surface area contributed by atoms with Crippen LogP contribution >= 0.6 is 31.9 Å². The lowest BCUT2D eigenvalue weighted by Crippen LogP contribution is -2.52. The predicted molar refractivity (Wildman–Crippen MR) is 81.2 cm³/mol. The molecule has 0 spiro atoms. The molecule has 0 unspecified atom stereocenters. The summed E-state index contributed by atoms with van der Waals surface area (Å²) >= 11 is 6.59. The van der Waals surface area contributed by atoms with Gasteiger partial charge in [0.1, 0.15) is 0 Å². The van der Waals surface area contributed by atoms with Gasteiger partial charge in [0.15, 0.2) is 0 Å². The highest BCUT2D eigenvalue weighted by Crippen LogP contribution is 2.25. The fourth-order valence-electron chi connectivity index (χ4n) is 1.81. The van der Waals surface area contributed by atoms with Crippen LogP contribution in [0.3, 0.4) is 0 Å². The molecule has 0 aliphatic carbocycles. The molecule has 1 aliphatic rings. The standard InChI is InChI=1S/C11H15Br2N3O2S/c1-15-4-6-16(7-5-15)14-19(17,18)11-3-2-9(12)8-10(11)13/h2-3,8,14H,4-7H2,1H3. The van der Waals surface area contributed by atoms with E-state index in [1.54, 1.807) is 23.2 Å². The summed E-state index contributed by atoms with van der Waals surface area (Å²) in [5, 5.41) is 1.74. The summed E-state index contributed by atoms with van der Waals surface area (Å²) in [6.07, 6.45) is 0. The molecule has 2 rings (SSSR count). The van der Waals surface area contributed by atoms with Crippen LogP contribution < -0.4 is 4.83 Å². The third kappa shape index (κ3) is 3.99. The van der Waals surface area contributed by atoms with Crippen LogP contribution in [-0.4, -0.2) is 51.6 Å². The zero-order valence-corrected chi connectivity index (χ0v) is 14.4. The minimum atomic E-state index is -3.54. The average Bonchev–Trinajstić information content (AvgIpc) is 2.31. The van der Waals surface area contributed by atoms with Crippen LogP contribution in [0.5, 0.6) is 0 Å². The SMILES string of the molecule is CN1CCN(NS(=O)(=O)c2ccc(Br)cc2Br)CC1. The van der Waals surface area contributed by atoms with Crippen molar-refractivity contribution in [2.75, 3.05) is 33.2 Å². The lowest BCUT2D eigenvalue weighted by Gasteiger charge is -2.32. The van der Waals surface area contributed by atoms with E-state index in [9.17, 15) is 8.42 Å². The summed E-state index contributed by atoms with van der Waals surface area (Å²) in [5.74, 6) is 0. The molecule has 1 heterocycles. The molecule has 0 bridgehead atoms. The first-order chi connectivity index (χ1) is 8.88. The molecule has 0 atom stereocenters. The highest BCUT2D eigenvalue weighted by molar-refractivity contribution is 9.11. The van der Waals surface area contributed by atoms with E-state index in [1.165, 1.54) is 0 Å². The molecule has 1 aromatic rings. The van der Waals surface area contributed by atoms with Gasteiger partial charge in [-0.05, 0) is 41.2 Å². The van der Waals surface area contributed by atoms with Gasteiger partial charge in [-0.15, -0.1) is 4.83 Å². The number of hydrogen-bond acceptors (Lipinski definition) is 4. The summed E-state index contributed by atoms with van der Waals surface area (Å²) in [7, 11) is -1.51. The van der Waals surface area contributed by atoms with E-state index in [0.29, 0.717) is 17.6 Å². The lowest BCUT2D eigenvalue weighted by atomic mass is 10.4. The number of hydrogen-bond donors (Lipinski definition) is 1. The fourth-order valence-corrected chi connectivity index (χ4v) is 4.68. The van der Waals surface area contributed by atoms with Gasteiger partial charge in [0.25, 0.3) is 10.0 Å². The Balaban J connectivity index is 2.14. The second kappa shape index (κ2) is 6.19. The van der Waals surface area contributed by atoms with Crippen LogP contribution in [0.2, 0.25) is 0 Å². The van der Waals surface area contributed by atoms with Crippen molar-refractivity contribution >= 4 is 41.9 Å². The van der Waals surface area contributed by atoms with Crippen LogP contribution in [0.25, 0.3) is 0 Å². The summed E-state index contributed by atoms with van der Waals surface area (Å²) in [4.78, 5) is 5.04. The number of piperazine rings is 1. The van der Waals surface area contributed by atoms with Gasteiger partial charge < -0.3 is 4.90 Å². The van der Waals surface area contributed by atoms with E-state index in [2.05, 4.69) is 41.6 Å². The first kappa shape index (κ1) is 15.4. The Hall–Kier alpha value is 0.01000. The average molecular weight is 413 g/mol. The number of sulfonamides is 1. The second-order valence-electron chi connectivity index (χ2n) is 4.46. The van der Waals surface area contributed by atoms with E-state index in [0.717, 1.165) is 17.6 Å². The van der Waals surface area contributed by atoms with E-state index in [-0.39, 0.29) is 4.90 Å². The number of rotatable bonds is 3. The molecule has 1 fully saturated rings. The third-order valence-electron chi connectivity index (χ3n) is 2.94. The van der Waals surface area contributed by atoms with Crippen molar-refractivity contribution < 1.29 is 8.42 Å². The Morgan fingerprint density at radius 3 is 2.37 bits per heavy atom. The molecule has 8 heteroatoms. The van der Waals surface area contributed by atoms with Gasteiger partial charge in [-0.1, -0.05) is 15.9 Å². The smallest absolute Gasteiger partial charge is 0.254 e. The molecular formula is C11H15Br2N3O2S. The molecule has 5 nitrogen and oxygen atoms in total. The van der Waals surface area contributed by atoms with Gasteiger partial charge in [0, 0.05) is 35.1 Å². The number of nitrogens with one attached hydrogen (secondary N) is 1. The Morgan fingerprint density at radius 2 is 1.79 bits per heavy atom. The van der Waals surface area contributed by atoms with Crippen molar-refractivity contribution in [3.8, 4) is 0 Å². The van der Waals surface area contributed by atoms with E-state index in [4.69, 9.17) is 0 Å². The first-order valence-corrected chi connectivity index (χ1v) is 8.86. The van der Waals surface area contributed by atoms with Crippen molar-refractivity contribution in [2.24, 2.45) is 0 Å². The second-order valence-corrected chi connectivity index (χ2v) is 7.86. The molecule has 0 saturated carbocycles. The van der Waals surface area contributed by atoms with Crippen molar-refractivity contribution in [1.82, 2.24) is 14.7 Å². The maximum Gasteiger partial charge on any atom is 0.254 e. The maximum atomic E-state index is 12.3. The largest absolute Gasteiger partial charge is 0.304 e. The predicted octanol–water partition coefficient (Wildman–Crippen LogP) is 1.65. The van der Waals surface area contributed by atoms with Gasteiger partial charge in [0.2, 0.25) is 0 Å². The topological polar surface area (TPSA) is 52.6 Å². The molecule has 1 aromatic carbocycles. The molecule has 1 aliphatic heterocycles.